The highest BCUT2D eigenvalue weighted by Gasteiger charge is 2.41. The second kappa shape index (κ2) is 5.98. The number of ether oxygens (including phenoxy) is 2. The maximum absolute atomic E-state index is 12.7. The van der Waals surface area contributed by atoms with Crippen molar-refractivity contribution in [3.8, 4) is 0 Å². The molecule has 0 atom stereocenters. The summed E-state index contributed by atoms with van der Waals surface area (Å²) in [5, 5.41) is 0. The van der Waals surface area contributed by atoms with Gasteiger partial charge in [-0.2, -0.15) is 13.2 Å². The Morgan fingerprint density at radius 1 is 1.30 bits per heavy atom. The second-order valence-electron chi connectivity index (χ2n) is 4.03. The maximum atomic E-state index is 12.7. The fourth-order valence-corrected chi connectivity index (χ4v) is 1.33. The van der Waals surface area contributed by atoms with Crippen LogP contribution in [-0.2, 0) is 15.7 Å². The van der Waals surface area contributed by atoms with Crippen LogP contribution in [0.15, 0.2) is 10.5 Å². The summed E-state index contributed by atoms with van der Waals surface area (Å²) in [7, 11) is 0. The van der Waals surface area contributed by atoms with E-state index in [4.69, 9.17) is 4.74 Å². The van der Waals surface area contributed by atoms with Gasteiger partial charge in [-0.05, 0) is 20.8 Å². The lowest BCUT2D eigenvalue weighted by atomic mass is 10.2. The molecule has 1 aromatic rings. The van der Waals surface area contributed by atoms with E-state index in [0.717, 1.165) is 0 Å². The van der Waals surface area contributed by atoms with Gasteiger partial charge in [-0.1, -0.05) is 0 Å². The average molecular weight is 294 g/mol. The van der Waals surface area contributed by atoms with Crippen LogP contribution in [0, 0.1) is 0 Å². The highest BCUT2D eigenvalue weighted by molar-refractivity contribution is 5.95. The smallest absolute Gasteiger partial charge is 0.450 e. The van der Waals surface area contributed by atoms with Crippen molar-refractivity contribution in [1.29, 1.82) is 0 Å². The van der Waals surface area contributed by atoms with Crippen LogP contribution in [-0.4, -0.2) is 24.6 Å². The van der Waals surface area contributed by atoms with Crippen LogP contribution in [0.4, 0.5) is 13.2 Å². The molecular formula is C12H13F3O5. The van der Waals surface area contributed by atoms with Gasteiger partial charge >= 0.3 is 18.1 Å². The molecule has 5 nitrogen and oxygen atoms in total. The van der Waals surface area contributed by atoms with E-state index in [9.17, 15) is 22.8 Å². The molecule has 0 saturated carbocycles. The van der Waals surface area contributed by atoms with Crippen LogP contribution in [0.1, 0.15) is 47.4 Å². The van der Waals surface area contributed by atoms with Crippen molar-refractivity contribution in [3.63, 3.8) is 0 Å². The number of hydrogen-bond donors (Lipinski definition) is 0. The Balaban J connectivity index is 3.19. The third kappa shape index (κ3) is 3.75. The molecule has 0 aliphatic heterocycles. The molecule has 112 valence electrons. The molecule has 0 spiro atoms. The minimum atomic E-state index is -4.92. The molecule has 8 heteroatoms. The van der Waals surface area contributed by atoms with E-state index in [0.29, 0.717) is 6.07 Å². The minimum Gasteiger partial charge on any atom is -0.462 e. The third-order valence-electron chi connectivity index (χ3n) is 2.03. The minimum absolute atomic E-state index is 0.104. The quantitative estimate of drug-likeness (QED) is 0.798. The first-order chi connectivity index (χ1) is 9.16. The van der Waals surface area contributed by atoms with E-state index in [1.54, 1.807) is 0 Å². The molecule has 1 rings (SSSR count). The molecular weight excluding hydrogens is 281 g/mol. The van der Waals surface area contributed by atoms with Crippen molar-refractivity contribution in [2.45, 2.75) is 33.1 Å². The number of hydrogen-bond acceptors (Lipinski definition) is 5. The SMILES string of the molecule is CCOC(=O)c1cc(C(=O)OC(C)C)oc1C(F)(F)F. The van der Waals surface area contributed by atoms with Gasteiger partial charge in [-0.15, -0.1) is 0 Å². The van der Waals surface area contributed by atoms with E-state index < -0.39 is 41.3 Å². The summed E-state index contributed by atoms with van der Waals surface area (Å²) >= 11 is 0. The van der Waals surface area contributed by atoms with Gasteiger partial charge in [-0.3, -0.25) is 0 Å². The summed E-state index contributed by atoms with van der Waals surface area (Å²) in [5.74, 6) is -4.58. The molecule has 0 bridgehead atoms. The van der Waals surface area contributed by atoms with Gasteiger partial charge < -0.3 is 13.9 Å². The largest absolute Gasteiger partial charge is 0.462 e. The van der Waals surface area contributed by atoms with Crippen molar-refractivity contribution in [2.75, 3.05) is 6.61 Å². The monoisotopic (exact) mass is 294 g/mol. The predicted octanol–water partition coefficient (Wildman–Crippen LogP) is 3.04. The van der Waals surface area contributed by atoms with Gasteiger partial charge in [0.2, 0.25) is 11.5 Å². The number of carbonyl (C=O) groups is 2. The molecule has 0 unspecified atom stereocenters. The Bertz CT molecular complexity index is 502. The fourth-order valence-electron chi connectivity index (χ4n) is 1.33. The first-order valence-corrected chi connectivity index (χ1v) is 5.76. The van der Waals surface area contributed by atoms with Crippen LogP contribution < -0.4 is 0 Å². The highest BCUT2D eigenvalue weighted by Crippen LogP contribution is 2.34. The van der Waals surface area contributed by atoms with Crippen LogP contribution in [0.25, 0.3) is 0 Å². The van der Waals surface area contributed by atoms with Gasteiger partial charge in [0.15, 0.2) is 0 Å². The zero-order valence-corrected chi connectivity index (χ0v) is 11.0. The molecule has 0 amide bonds. The standard InChI is InChI=1S/C12H13F3O5/c1-4-18-10(16)7-5-8(11(17)19-6(2)3)20-9(7)12(13,14)15/h5-6H,4H2,1-3H3. The van der Waals surface area contributed by atoms with Crippen LogP contribution >= 0.6 is 0 Å². The number of furan rings is 1. The molecule has 1 heterocycles. The molecule has 0 fully saturated rings. The first-order valence-electron chi connectivity index (χ1n) is 5.76. The zero-order chi connectivity index (χ0) is 15.5. The molecule has 0 saturated heterocycles. The molecule has 0 aliphatic rings. The van der Waals surface area contributed by atoms with E-state index in [-0.39, 0.29) is 6.61 Å². The van der Waals surface area contributed by atoms with Gasteiger partial charge in [0.05, 0.1) is 12.7 Å². The number of rotatable bonds is 4. The van der Waals surface area contributed by atoms with Crippen molar-refractivity contribution in [3.05, 3.63) is 23.2 Å². The van der Waals surface area contributed by atoms with Crippen molar-refractivity contribution >= 4 is 11.9 Å². The summed E-state index contributed by atoms with van der Waals surface area (Å²) < 4.78 is 51.8. The Morgan fingerprint density at radius 3 is 2.35 bits per heavy atom. The molecule has 0 N–H and O–H groups in total. The Morgan fingerprint density at radius 2 is 1.90 bits per heavy atom. The Labute approximate surface area is 112 Å². The van der Waals surface area contributed by atoms with E-state index in [1.807, 2.05) is 0 Å². The summed E-state index contributed by atoms with van der Waals surface area (Å²) in [6.07, 6.45) is -5.45. The number of esters is 2. The highest BCUT2D eigenvalue weighted by atomic mass is 19.4. The number of halogens is 3. The lowest BCUT2D eigenvalue weighted by Crippen LogP contribution is -2.12. The van der Waals surface area contributed by atoms with Crippen molar-refractivity contribution in [2.24, 2.45) is 0 Å². The number of alkyl halides is 3. The lowest BCUT2D eigenvalue weighted by Gasteiger charge is -2.06. The molecule has 0 aromatic carbocycles. The molecule has 0 aliphatic carbocycles. The topological polar surface area (TPSA) is 65.7 Å². The van der Waals surface area contributed by atoms with Gasteiger partial charge in [0.1, 0.15) is 5.56 Å². The maximum Gasteiger partial charge on any atom is 0.450 e. The summed E-state index contributed by atoms with van der Waals surface area (Å²) in [6.45, 7) is 4.39. The second-order valence-corrected chi connectivity index (χ2v) is 4.03. The van der Waals surface area contributed by atoms with Crippen molar-refractivity contribution in [1.82, 2.24) is 0 Å². The Hall–Kier alpha value is -1.99. The Kier molecular flexibility index (Phi) is 4.80. The number of carbonyl (C=O) groups excluding carboxylic acids is 2. The molecule has 1 aromatic heterocycles. The normalized spacial score (nSPS) is 11.6. The van der Waals surface area contributed by atoms with Crippen LogP contribution in [0.3, 0.4) is 0 Å². The van der Waals surface area contributed by atoms with Gasteiger partial charge in [-0.25, -0.2) is 9.59 Å². The predicted molar refractivity (Wildman–Crippen MR) is 60.2 cm³/mol. The molecule has 20 heavy (non-hydrogen) atoms. The van der Waals surface area contributed by atoms with E-state index >= 15 is 0 Å². The van der Waals surface area contributed by atoms with E-state index in [2.05, 4.69) is 9.15 Å². The van der Waals surface area contributed by atoms with Gasteiger partial charge in [0.25, 0.3) is 0 Å². The van der Waals surface area contributed by atoms with Crippen LogP contribution in [0.2, 0.25) is 0 Å². The fraction of sp³-hybridized carbons (Fsp3) is 0.500. The average Bonchev–Trinajstić information content (AvgIpc) is 2.72. The zero-order valence-electron chi connectivity index (χ0n) is 11.0. The first kappa shape index (κ1) is 16.1. The summed E-state index contributed by atoms with van der Waals surface area (Å²) in [5.41, 5.74) is -0.852. The van der Waals surface area contributed by atoms with E-state index in [1.165, 1.54) is 20.8 Å². The van der Waals surface area contributed by atoms with Crippen molar-refractivity contribution < 1.29 is 36.7 Å². The summed E-state index contributed by atoms with van der Waals surface area (Å²) in [4.78, 5) is 22.9. The lowest BCUT2D eigenvalue weighted by molar-refractivity contribution is -0.153. The van der Waals surface area contributed by atoms with Crippen LogP contribution in [0.5, 0.6) is 0 Å². The molecule has 0 radical (unpaired) electrons. The third-order valence-corrected chi connectivity index (χ3v) is 2.03. The van der Waals surface area contributed by atoms with Gasteiger partial charge in [0, 0.05) is 6.07 Å². The summed E-state index contributed by atoms with van der Waals surface area (Å²) in [6, 6.07) is 0.672.